The van der Waals surface area contributed by atoms with Crippen LogP contribution in [0.2, 0.25) is 0 Å². The number of halogens is 2. The zero-order chi connectivity index (χ0) is 8.43. The Morgan fingerprint density at radius 3 is 2.64 bits per heavy atom. The maximum Gasteiger partial charge on any atom is 0.271 e. The Hall–Kier alpha value is -0.440. The molecule has 0 aromatic rings. The van der Waals surface area contributed by atoms with Crippen molar-refractivity contribution in [3.63, 3.8) is 0 Å². The van der Waals surface area contributed by atoms with Gasteiger partial charge in [0.25, 0.3) is 6.08 Å². The quantitative estimate of drug-likeness (QED) is 0.579. The van der Waals surface area contributed by atoms with E-state index in [0.29, 0.717) is 18.8 Å². The summed E-state index contributed by atoms with van der Waals surface area (Å²) in [6.07, 6.45) is 0.460. The van der Waals surface area contributed by atoms with E-state index >= 15 is 0 Å². The fourth-order valence-corrected chi connectivity index (χ4v) is 1.52. The van der Waals surface area contributed by atoms with Gasteiger partial charge in [-0.05, 0) is 25.2 Å². The van der Waals surface area contributed by atoms with Gasteiger partial charge in [-0.15, -0.1) is 0 Å². The summed E-state index contributed by atoms with van der Waals surface area (Å²) in [6.45, 7) is 2.05. The van der Waals surface area contributed by atoms with Gasteiger partial charge in [-0.2, -0.15) is 8.78 Å². The molecule has 0 aromatic heterocycles. The Bertz CT molecular complexity index is 173. The Kier molecular flexibility index (Phi) is 2.60. The third-order valence-electron chi connectivity index (χ3n) is 2.25. The molecule has 1 saturated carbocycles. The smallest absolute Gasteiger partial charge is 0.271 e. The van der Waals surface area contributed by atoms with Gasteiger partial charge in [0.05, 0.1) is 0 Å². The Balaban J connectivity index is 2.65. The maximum absolute atomic E-state index is 12.1. The summed E-state index contributed by atoms with van der Waals surface area (Å²) in [6, 6.07) is -0.399. The molecule has 2 atom stereocenters. The maximum atomic E-state index is 12.1. The lowest BCUT2D eigenvalue weighted by molar-refractivity contribution is 0.351. The minimum Gasteiger partial charge on any atom is -0.324 e. The third kappa shape index (κ3) is 1.99. The zero-order valence-electron chi connectivity index (χ0n) is 6.61. The van der Waals surface area contributed by atoms with Crippen molar-refractivity contribution >= 4 is 0 Å². The fourth-order valence-electron chi connectivity index (χ4n) is 1.52. The van der Waals surface area contributed by atoms with Crippen LogP contribution < -0.4 is 5.73 Å². The zero-order valence-corrected chi connectivity index (χ0v) is 6.61. The highest BCUT2D eigenvalue weighted by Gasteiger charge is 2.23. The Morgan fingerprint density at radius 1 is 1.55 bits per heavy atom. The first-order chi connectivity index (χ1) is 5.11. The molecule has 1 fully saturated rings. The van der Waals surface area contributed by atoms with Crippen molar-refractivity contribution in [1.29, 1.82) is 0 Å². The van der Waals surface area contributed by atoms with E-state index in [4.69, 9.17) is 5.73 Å². The predicted molar refractivity (Wildman–Crippen MR) is 40.2 cm³/mol. The number of hydrogen-bond acceptors (Lipinski definition) is 1. The topological polar surface area (TPSA) is 26.0 Å². The molecular weight excluding hydrogens is 148 g/mol. The van der Waals surface area contributed by atoms with E-state index < -0.39 is 12.1 Å². The second-order valence-corrected chi connectivity index (χ2v) is 3.27. The third-order valence-corrected chi connectivity index (χ3v) is 2.25. The van der Waals surface area contributed by atoms with E-state index in [2.05, 4.69) is 0 Å². The van der Waals surface area contributed by atoms with Gasteiger partial charge in [0, 0.05) is 11.6 Å². The van der Waals surface area contributed by atoms with Crippen LogP contribution in [0.5, 0.6) is 0 Å². The average Bonchev–Trinajstić information content (AvgIpc) is 1.85. The van der Waals surface area contributed by atoms with Gasteiger partial charge in [-0.1, -0.05) is 6.92 Å². The molecule has 3 heteroatoms. The highest BCUT2D eigenvalue weighted by atomic mass is 19.3. The molecule has 0 spiro atoms. The normalized spacial score (nSPS) is 32.2. The molecule has 0 aromatic carbocycles. The van der Waals surface area contributed by atoms with E-state index in [0.717, 1.165) is 6.42 Å². The van der Waals surface area contributed by atoms with Crippen LogP contribution in [0, 0.1) is 5.92 Å². The SMILES string of the molecule is C[C@H]1CCC(=C(F)F)[C@@H](N)C1. The van der Waals surface area contributed by atoms with Gasteiger partial charge in [-0.25, -0.2) is 0 Å². The molecular formula is C8H13F2N. The van der Waals surface area contributed by atoms with Gasteiger partial charge in [0.15, 0.2) is 0 Å². The van der Waals surface area contributed by atoms with Crippen LogP contribution in [0.25, 0.3) is 0 Å². The van der Waals surface area contributed by atoms with Crippen molar-refractivity contribution in [3.8, 4) is 0 Å². The Labute approximate surface area is 65.3 Å². The van der Waals surface area contributed by atoms with E-state index in [1.807, 2.05) is 6.92 Å². The van der Waals surface area contributed by atoms with E-state index in [-0.39, 0.29) is 5.57 Å². The van der Waals surface area contributed by atoms with Crippen LogP contribution in [0.15, 0.2) is 11.7 Å². The first-order valence-corrected chi connectivity index (χ1v) is 3.91. The minimum atomic E-state index is -1.57. The lowest BCUT2D eigenvalue weighted by atomic mass is 9.84. The van der Waals surface area contributed by atoms with Crippen molar-refractivity contribution in [3.05, 3.63) is 11.7 Å². The first kappa shape index (κ1) is 8.65. The highest BCUT2D eigenvalue weighted by molar-refractivity contribution is 5.13. The molecule has 0 radical (unpaired) electrons. The summed E-state index contributed by atoms with van der Waals surface area (Å²) in [5.41, 5.74) is 5.70. The lowest BCUT2D eigenvalue weighted by Gasteiger charge is -2.25. The lowest BCUT2D eigenvalue weighted by Crippen LogP contribution is -2.29. The fraction of sp³-hybridized carbons (Fsp3) is 0.750. The summed E-state index contributed by atoms with van der Waals surface area (Å²) < 4.78 is 24.2. The van der Waals surface area contributed by atoms with Crippen molar-refractivity contribution in [1.82, 2.24) is 0 Å². The van der Waals surface area contributed by atoms with Crippen molar-refractivity contribution in [2.24, 2.45) is 11.7 Å². The summed E-state index contributed by atoms with van der Waals surface area (Å²) in [4.78, 5) is 0. The van der Waals surface area contributed by atoms with E-state index in [1.165, 1.54) is 0 Å². The molecule has 64 valence electrons. The molecule has 0 aliphatic heterocycles. The number of nitrogens with two attached hydrogens (primary N) is 1. The second-order valence-electron chi connectivity index (χ2n) is 3.27. The number of hydrogen-bond donors (Lipinski definition) is 1. The standard InChI is InChI=1S/C8H13F2N/c1-5-2-3-6(8(9)10)7(11)4-5/h5,7H,2-4,11H2,1H3/t5-,7-/m0/s1. The first-order valence-electron chi connectivity index (χ1n) is 3.91. The van der Waals surface area contributed by atoms with E-state index in [9.17, 15) is 8.78 Å². The average molecular weight is 161 g/mol. The predicted octanol–water partition coefficient (Wildman–Crippen LogP) is 2.28. The summed E-state index contributed by atoms with van der Waals surface area (Å²) in [5.74, 6) is 0.494. The highest BCUT2D eigenvalue weighted by Crippen LogP contribution is 2.29. The largest absolute Gasteiger partial charge is 0.324 e. The minimum absolute atomic E-state index is 0.170. The van der Waals surface area contributed by atoms with Gasteiger partial charge in [0.2, 0.25) is 0 Å². The van der Waals surface area contributed by atoms with Crippen LogP contribution in [-0.4, -0.2) is 6.04 Å². The summed E-state index contributed by atoms with van der Waals surface area (Å²) in [7, 11) is 0. The summed E-state index contributed by atoms with van der Waals surface area (Å²) in [5, 5.41) is 0. The monoisotopic (exact) mass is 161 g/mol. The van der Waals surface area contributed by atoms with Crippen molar-refractivity contribution < 1.29 is 8.78 Å². The molecule has 0 unspecified atom stereocenters. The van der Waals surface area contributed by atoms with Crippen LogP contribution in [0.3, 0.4) is 0 Å². The Morgan fingerprint density at radius 2 is 2.18 bits per heavy atom. The molecule has 2 N–H and O–H groups in total. The van der Waals surface area contributed by atoms with Crippen molar-refractivity contribution in [2.75, 3.05) is 0 Å². The van der Waals surface area contributed by atoms with Crippen LogP contribution in [-0.2, 0) is 0 Å². The summed E-state index contributed by atoms with van der Waals surface area (Å²) >= 11 is 0. The molecule has 0 amide bonds. The van der Waals surface area contributed by atoms with Gasteiger partial charge >= 0.3 is 0 Å². The molecule has 0 saturated heterocycles. The molecule has 1 rings (SSSR count). The van der Waals surface area contributed by atoms with Gasteiger partial charge in [-0.3, -0.25) is 0 Å². The molecule has 1 aliphatic carbocycles. The van der Waals surface area contributed by atoms with Crippen LogP contribution in [0.1, 0.15) is 26.2 Å². The molecule has 1 aliphatic rings. The van der Waals surface area contributed by atoms with Gasteiger partial charge in [0.1, 0.15) is 0 Å². The molecule has 0 heterocycles. The number of rotatable bonds is 0. The molecule has 0 bridgehead atoms. The van der Waals surface area contributed by atoms with Crippen LogP contribution in [0.4, 0.5) is 8.78 Å². The second kappa shape index (κ2) is 3.30. The van der Waals surface area contributed by atoms with Gasteiger partial charge < -0.3 is 5.73 Å². The van der Waals surface area contributed by atoms with E-state index in [1.54, 1.807) is 0 Å². The van der Waals surface area contributed by atoms with Crippen molar-refractivity contribution in [2.45, 2.75) is 32.2 Å². The molecule has 1 nitrogen and oxygen atoms in total. The molecule has 11 heavy (non-hydrogen) atoms. The van der Waals surface area contributed by atoms with Crippen LogP contribution >= 0.6 is 0 Å².